The van der Waals surface area contributed by atoms with Gasteiger partial charge in [-0.15, -0.1) is 0 Å². The molecule has 1 saturated heterocycles. The molecule has 112 valence electrons. The Morgan fingerprint density at radius 1 is 1.48 bits per heavy atom. The molecule has 1 atom stereocenters. The van der Waals surface area contributed by atoms with E-state index in [0.717, 1.165) is 43.7 Å². The third-order valence-electron chi connectivity index (χ3n) is 3.84. The van der Waals surface area contributed by atoms with Crippen molar-refractivity contribution in [2.75, 3.05) is 13.7 Å². The largest absolute Gasteiger partial charge is 0.481 e. The van der Waals surface area contributed by atoms with Crippen molar-refractivity contribution in [2.45, 2.75) is 31.8 Å². The molecule has 7 heteroatoms. The van der Waals surface area contributed by atoms with E-state index in [9.17, 15) is 4.79 Å². The van der Waals surface area contributed by atoms with E-state index in [-0.39, 0.29) is 11.7 Å². The van der Waals surface area contributed by atoms with Crippen molar-refractivity contribution in [1.29, 1.82) is 0 Å². The van der Waals surface area contributed by atoms with Crippen LogP contribution in [0.5, 0.6) is 5.88 Å². The van der Waals surface area contributed by atoms with Crippen molar-refractivity contribution in [3.63, 3.8) is 0 Å². The van der Waals surface area contributed by atoms with E-state index in [1.807, 2.05) is 12.1 Å². The molecule has 1 aliphatic rings. The number of nitrogens with one attached hydrogen (secondary N) is 2. The van der Waals surface area contributed by atoms with Gasteiger partial charge in [0.25, 0.3) is 0 Å². The first-order chi connectivity index (χ1) is 10.3. The second-order valence-corrected chi connectivity index (χ2v) is 5.25. The van der Waals surface area contributed by atoms with Crippen LogP contribution in [0.1, 0.15) is 36.7 Å². The molecule has 0 aromatic carbocycles. The second kappa shape index (κ2) is 6.09. The fourth-order valence-corrected chi connectivity index (χ4v) is 2.83. The molecule has 1 fully saturated rings. The van der Waals surface area contributed by atoms with Crippen molar-refractivity contribution in [1.82, 2.24) is 25.1 Å². The monoisotopic (exact) mass is 289 g/mol. The van der Waals surface area contributed by atoms with Crippen molar-refractivity contribution in [3.05, 3.63) is 40.2 Å². The van der Waals surface area contributed by atoms with Gasteiger partial charge in [-0.1, -0.05) is 6.42 Å². The van der Waals surface area contributed by atoms with Gasteiger partial charge in [-0.25, -0.2) is 14.9 Å². The summed E-state index contributed by atoms with van der Waals surface area (Å²) in [6, 6.07) is 4.08. The Labute approximate surface area is 122 Å². The molecule has 1 aliphatic heterocycles. The van der Waals surface area contributed by atoms with E-state index in [1.54, 1.807) is 13.3 Å². The molecule has 0 aliphatic carbocycles. The van der Waals surface area contributed by atoms with E-state index < -0.39 is 0 Å². The maximum absolute atomic E-state index is 11.3. The quantitative estimate of drug-likeness (QED) is 0.884. The Kier molecular flexibility index (Phi) is 4.01. The fourth-order valence-electron chi connectivity index (χ4n) is 2.83. The number of aromatic nitrogens is 4. The molecular weight excluding hydrogens is 270 g/mol. The first-order valence-electron chi connectivity index (χ1n) is 7.14. The van der Waals surface area contributed by atoms with Crippen LogP contribution in [-0.4, -0.2) is 38.7 Å². The molecule has 1 unspecified atom stereocenters. The molecular formula is C14H19N5O2. The Bertz CT molecular complexity index is 651. The van der Waals surface area contributed by atoms with E-state index in [1.165, 1.54) is 0 Å². The predicted octanol–water partition coefficient (Wildman–Crippen LogP) is 1.23. The summed E-state index contributed by atoms with van der Waals surface area (Å²) < 4.78 is 5.16. The lowest BCUT2D eigenvalue weighted by Crippen LogP contribution is -2.33. The minimum Gasteiger partial charge on any atom is -0.481 e. The van der Waals surface area contributed by atoms with Gasteiger partial charge in [-0.3, -0.25) is 9.88 Å². The van der Waals surface area contributed by atoms with Crippen LogP contribution in [0, 0.1) is 0 Å². The van der Waals surface area contributed by atoms with Gasteiger partial charge < -0.3 is 4.74 Å². The standard InChI is InChI=1S/C14H19N5O2/c1-21-12-8-10(5-6-15-12)9-19-7-3-2-4-11(19)13-16-14(20)18-17-13/h5-6,8,11H,2-4,7,9H2,1H3,(H2,16,17,18,20). The van der Waals surface area contributed by atoms with Crippen molar-refractivity contribution in [2.24, 2.45) is 0 Å². The van der Waals surface area contributed by atoms with Crippen LogP contribution >= 0.6 is 0 Å². The maximum atomic E-state index is 11.3. The summed E-state index contributed by atoms with van der Waals surface area (Å²) >= 11 is 0. The van der Waals surface area contributed by atoms with Gasteiger partial charge in [0.15, 0.2) is 0 Å². The second-order valence-electron chi connectivity index (χ2n) is 5.25. The molecule has 2 aromatic heterocycles. The van der Waals surface area contributed by atoms with Crippen molar-refractivity contribution < 1.29 is 4.74 Å². The Morgan fingerprint density at radius 3 is 3.14 bits per heavy atom. The summed E-state index contributed by atoms with van der Waals surface area (Å²) in [5, 5.41) is 6.54. The first kappa shape index (κ1) is 13.8. The fraction of sp³-hybridized carbons (Fsp3) is 0.500. The number of rotatable bonds is 4. The van der Waals surface area contributed by atoms with Gasteiger partial charge in [-0.05, 0) is 31.0 Å². The van der Waals surface area contributed by atoms with Crippen molar-refractivity contribution in [3.8, 4) is 5.88 Å². The molecule has 3 rings (SSSR count). The summed E-state index contributed by atoms with van der Waals surface area (Å²) in [6.07, 6.45) is 5.07. The highest BCUT2D eigenvalue weighted by atomic mass is 16.5. The summed E-state index contributed by atoms with van der Waals surface area (Å²) in [6.45, 7) is 1.78. The average Bonchev–Trinajstić information content (AvgIpc) is 2.94. The predicted molar refractivity (Wildman–Crippen MR) is 77.0 cm³/mol. The summed E-state index contributed by atoms with van der Waals surface area (Å²) in [7, 11) is 1.62. The highest BCUT2D eigenvalue weighted by molar-refractivity contribution is 5.20. The van der Waals surface area contributed by atoms with Gasteiger partial charge in [-0.2, -0.15) is 5.10 Å². The van der Waals surface area contributed by atoms with Gasteiger partial charge >= 0.3 is 5.69 Å². The third kappa shape index (κ3) is 3.13. The number of likely N-dealkylation sites (tertiary alicyclic amines) is 1. The van der Waals surface area contributed by atoms with Crippen LogP contribution in [0.2, 0.25) is 0 Å². The number of nitrogens with zero attached hydrogens (tertiary/aromatic N) is 3. The van der Waals surface area contributed by atoms with E-state index >= 15 is 0 Å². The third-order valence-corrected chi connectivity index (χ3v) is 3.84. The molecule has 2 aromatic rings. The molecule has 0 amide bonds. The SMILES string of the molecule is COc1cc(CN2CCCCC2c2n[nH]c(=O)[nH]2)ccn1. The smallest absolute Gasteiger partial charge is 0.340 e. The lowest BCUT2D eigenvalue weighted by Gasteiger charge is -2.34. The van der Waals surface area contributed by atoms with Gasteiger partial charge in [0.05, 0.1) is 13.2 Å². The van der Waals surface area contributed by atoms with Gasteiger partial charge in [0.2, 0.25) is 5.88 Å². The zero-order valence-corrected chi connectivity index (χ0v) is 12.0. The van der Waals surface area contributed by atoms with E-state index in [4.69, 9.17) is 4.74 Å². The van der Waals surface area contributed by atoms with Gasteiger partial charge in [0.1, 0.15) is 5.82 Å². The van der Waals surface area contributed by atoms with Crippen molar-refractivity contribution >= 4 is 0 Å². The number of hydrogen-bond donors (Lipinski definition) is 2. The average molecular weight is 289 g/mol. The summed E-state index contributed by atoms with van der Waals surface area (Å²) in [5.74, 6) is 1.34. The number of piperidine rings is 1. The van der Waals surface area contributed by atoms with Crippen LogP contribution < -0.4 is 10.4 Å². The Morgan fingerprint density at radius 2 is 2.38 bits per heavy atom. The lowest BCUT2D eigenvalue weighted by atomic mass is 10.0. The minimum atomic E-state index is -0.249. The number of ether oxygens (including phenoxy) is 1. The molecule has 0 radical (unpaired) electrons. The molecule has 0 saturated carbocycles. The molecule has 3 heterocycles. The van der Waals surface area contributed by atoms with Crippen LogP contribution in [0.25, 0.3) is 0 Å². The van der Waals surface area contributed by atoms with Crippen LogP contribution in [0.4, 0.5) is 0 Å². The van der Waals surface area contributed by atoms with E-state index in [2.05, 4.69) is 25.1 Å². The zero-order chi connectivity index (χ0) is 14.7. The molecule has 21 heavy (non-hydrogen) atoms. The molecule has 0 spiro atoms. The number of H-pyrrole nitrogens is 2. The number of hydrogen-bond acceptors (Lipinski definition) is 5. The van der Waals surface area contributed by atoms with Crippen LogP contribution in [0.15, 0.2) is 23.1 Å². The minimum absolute atomic E-state index is 0.150. The summed E-state index contributed by atoms with van der Waals surface area (Å²) in [5.41, 5.74) is 0.896. The molecule has 2 N–H and O–H groups in total. The maximum Gasteiger partial charge on any atom is 0.340 e. The normalized spacial score (nSPS) is 19.6. The highest BCUT2D eigenvalue weighted by Gasteiger charge is 2.26. The molecule has 0 bridgehead atoms. The van der Waals surface area contributed by atoms with Gasteiger partial charge in [0, 0.05) is 18.8 Å². The number of aromatic amines is 2. The summed E-state index contributed by atoms with van der Waals surface area (Å²) in [4.78, 5) is 20.5. The lowest BCUT2D eigenvalue weighted by molar-refractivity contribution is 0.134. The number of pyridine rings is 1. The number of methoxy groups -OCH3 is 1. The van der Waals surface area contributed by atoms with Crippen LogP contribution in [0.3, 0.4) is 0 Å². The Hall–Kier alpha value is -2.15. The van der Waals surface area contributed by atoms with Crippen LogP contribution in [-0.2, 0) is 6.54 Å². The zero-order valence-electron chi connectivity index (χ0n) is 12.0. The highest BCUT2D eigenvalue weighted by Crippen LogP contribution is 2.29. The first-order valence-corrected chi connectivity index (χ1v) is 7.14. The molecule has 7 nitrogen and oxygen atoms in total. The van der Waals surface area contributed by atoms with E-state index in [0.29, 0.717) is 5.88 Å². The Balaban J connectivity index is 1.79. The topological polar surface area (TPSA) is 86.9 Å².